The first-order valence-corrected chi connectivity index (χ1v) is 10.5. The Hall–Kier alpha value is -2.37. The van der Waals surface area contributed by atoms with Crippen molar-refractivity contribution in [3.63, 3.8) is 0 Å². The van der Waals surface area contributed by atoms with E-state index in [0.29, 0.717) is 11.8 Å². The monoisotopic (exact) mass is 380 g/mol. The van der Waals surface area contributed by atoms with Crippen LogP contribution in [0.15, 0.2) is 29.0 Å². The van der Waals surface area contributed by atoms with Gasteiger partial charge in [-0.05, 0) is 66.7 Å². The number of carbonyl (C=O) groups excluding carboxylic acids is 1. The smallest absolute Gasteiger partial charge is 0.320 e. The fourth-order valence-corrected chi connectivity index (χ4v) is 5.56. The van der Waals surface area contributed by atoms with E-state index in [1.54, 1.807) is 0 Å². The molecule has 6 heteroatoms. The Morgan fingerprint density at radius 1 is 1.21 bits per heavy atom. The van der Waals surface area contributed by atoms with Crippen LogP contribution in [0.3, 0.4) is 0 Å². The van der Waals surface area contributed by atoms with E-state index in [2.05, 4.69) is 52.0 Å². The highest BCUT2D eigenvalue weighted by Gasteiger charge is 2.50. The summed E-state index contributed by atoms with van der Waals surface area (Å²) in [4.78, 5) is 17.5. The summed E-state index contributed by atoms with van der Waals surface area (Å²) >= 11 is 0. The number of likely N-dealkylation sites (tertiary alicyclic amines) is 2. The van der Waals surface area contributed by atoms with E-state index in [4.69, 9.17) is 4.42 Å². The average Bonchev–Trinajstić information content (AvgIpc) is 3.26. The quantitative estimate of drug-likeness (QED) is 0.753. The molecule has 2 amide bonds. The van der Waals surface area contributed by atoms with Gasteiger partial charge in [-0.3, -0.25) is 0 Å². The van der Waals surface area contributed by atoms with Crippen molar-refractivity contribution < 1.29 is 9.21 Å². The number of piperidine rings is 2. The number of hydrogen-bond acceptors (Lipinski definition) is 4. The Bertz CT molecular complexity index is 875. The first-order chi connectivity index (χ1) is 13.6. The largest absolute Gasteiger partial charge is 0.423 e. The molecule has 2 aliphatic heterocycles. The second-order valence-electron chi connectivity index (χ2n) is 8.87. The Morgan fingerprint density at radius 3 is 2.79 bits per heavy atom. The molecule has 0 N–H and O–H groups in total. The third-order valence-electron chi connectivity index (χ3n) is 7.49. The number of benzene rings is 1. The number of fused-ring (bicyclic) bond motifs is 4. The van der Waals surface area contributed by atoms with Crippen LogP contribution in [0, 0.1) is 5.92 Å². The average molecular weight is 380 g/mol. The summed E-state index contributed by atoms with van der Waals surface area (Å²) in [5.41, 5.74) is 3.78. The summed E-state index contributed by atoms with van der Waals surface area (Å²) in [5, 5.41) is 7.88. The van der Waals surface area contributed by atoms with Gasteiger partial charge in [-0.1, -0.05) is 19.9 Å². The van der Waals surface area contributed by atoms with Crippen molar-refractivity contribution in [1.82, 2.24) is 20.0 Å². The van der Waals surface area contributed by atoms with E-state index in [0.717, 1.165) is 50.9 Å². The maximum Gasteiger partial charge on any atom is 0.320 e. The maximum atomic E-state index is 13.2. The first-order valence-electron chi connectivity index (χ1n) is 10.5. The molecule has 3 aliphatic rings. The predicted octanol–water partition coefficient (Wildman–Crippen LogP) is 3.87. The van der Waals surface area contributed by atoms with Crippen molar-refractivity contribution in [3.8, 4) is 11.5 Å². The van der Waals surface area contributed by atoms with E-state index < -0.39 is 0 Å². The minimum atomic E-state index is 0.0625. The van der Waals surface area contributed by atoms with Crippen LogP contribution >= 0.6 is 0 Å². The minimum Gasteiger partial charge on any atom is -0.423 e. The first kappa shape index (κ1) is 17.7. The molecule has 2 fully saturated rings. The van der Waals surface area contributed by atoms with Gasteiger partial charge in [0.15, 0.2) is 0 Å². The number of hydrogen-bond donors (Lipinski definition) is 0. The zero-order valence-corrected chi connectivity index (χ0v) is 16.7. The van der Waals surface area contributed by atoms with Crippen molar-refractivity contribution in [1.29, 1.82) is 0 Å². The summed E-state index contributed by atoms with van der Waals surface area (Å²) in [6.07, 6.45) is 6.81. The molecule has 3 heterocycles. The van der Waals surface area contributed by atoms with Gasteiger partial charge < -0.3 is 14.2 Å². The van der Waals surface area contributed by atoms with Crippen molar-refractivity contribution in [3.05, 3.63) is 35.7 Å². The van der Waals surface area contributed by atoms with E-state index in [-0.39, 0.29) is 17.5 Å². The molecular weight excluding hydrogens is 352 g/mol. The van der Waals surface area contributed by atoms with Crippen LogP contribution in [0.2, 0.25) is 0 Å². The Kier molecular flexibility index (Phi) is 4.18. The molecule has 1 aromatic carbocycles. The van der Waals surface area contributed by atoms with Crippen LogP contribution in [0.5, 0.6) is 0 Å². The van der Waals surface area contributed by atoms with Gasteiger partial charge in [-0.2, -0.15) is 0 Å². The summed E-state index contributed by atoms with van der Waals surface area (Å²) in [7, 11) is 0. The maximum absolute atomic E-state index is 13.2. The van der Waals surface area contributed by atoms with Gasteiger partial charge >= 0.3 is 6.03 Å². The van der Waals surface area contributed by atoms with Crippen LogP contribution in [-0.4, -0.2) is 51.7 Å². The molecule has 5 rings (SSSR count). The number of amides is 2. The van der Waals surface area contributed by atoms with Crippen molar-refractivity contribution >= 4 is 6.03 Å². The Morgan fingerprint density at radius 2 is 2.04 bits per heavy atom. The molecule has 2 bridgehead atoms. The Balaban J connectivity index is 1.47. The summed E-state index contributed by atoms with van der Waals surface area (Å²) < 4.78 is 5.41. The van der Waals surface area contributed by atoms with Gasteiger partial charge in [-0.15, -0.1) is 10.2 Å². The van der Waals surface area contributed by atoms with Crippen molar-refractivity contribution in [2.45, 2.75) is 57.4 Å². The molecule has 2 saturated heterocycles. The molecule has 148 valence electrons. The second kappa shape index (κ2) is 6.61. The van der Waals surface area contributed by atoms with Crippen LogP contribution < -0.4 is 0 Å². The third kappa shape index (κ3) is 2.65. The number of nitrogens with zero attached hydrogens (tertiary/aromatic N) is 4. The minimum absolute atomic E-state index is 0.0625. The Labute approximate surface area is 165 Å². The molecule has 3 atom stereocenters. The molecule has 1 aromatic heterocycles. The lowest BCUT2D eigenvalue weighted by Gasteiger charge is -2.55. The third-order valence-corrected chi connectivity index (χ3v) is 7.49. The summed E-state index contributed by atoms with van der Waals surface area (Å²) in [5.74, 6) is 0.985. The normalized spacial score (nSPS) is 29.5. The molecule has 0 spiro atoms. The van der Waals surface area contributed by atoms with Crippen molar-refractivity contribution in [2.24, 2.45) is 5.92 Å². The predicted molar refractivity (Wildman–Crippen MR) is 106 cm³/mol. The van der Waals surface area contributed by atoms with Gasteiger partial charge in [0.2, 0.25) is 12.3 Å². The van der Waals surface area contributed by atoms with E-state index in [9.17, 15) is 4.79 Å². The summed E-state index contributed by atoms with van der Waals surface area (Å²) in [6.45, 7) is 7.35. The van der Waals surface area contributed by atoms with E-state index in [1.807, 2.05) is 0 Å². The fourth-order valence-electron chi connectivity index (χ4n) is 5.56. The van der Waals surface area contributed by atoms with Gasteiger partial charge in [0.05, 0.1) is 0 Å². The number of carbonyl (C=O) groups is 1. The van der Waals surface area contributed by atoms with Crippen LogP contribution in [0.25, 0.3) is 11.5 Å². The second-order valence-corrected chi connectivity index (χ2v) is 8.87. The lowest BCUT2D eigenvalue weighted by atomic mass is 9.59. The van der Waals surface area contributed by atoms with E-state index >= 15 is 0 Å². The van der Waals surface area contributed by atoms with Crippen molar-refractivity contribution in [2.75, 3.05) is 19.6 Å². The highest BCUT2D eigenvalue weighted by molar-refractivity contribution is 5.75. The van der Waals surface area contributed by atoms with Gasteiger partial charge in [0, 0.05) is 31.2 Å². The SMILES string of the molecule is C[C@@H]1[C@H]2Cc3ccc(-c4nnco4)cc3[C@]1(C)CCN2C(=O)N1CCCCC1. The lowest BCUT2D eigenvalue weighted by Crippen LogP contribution is -2.62. The number of aromatic nitrogens is 2. The molecule has 28 heavy (non-hydrogen) atoms. The molecule has 1 aliphatic carbocycles. The zero-order valence-electron chi connectivity index (χ0n) is 16.7. The highest BCUT2D eigenvalue weighted by Crippen LogP contribution is 2.49. The molecule has 0 saturated carbocycles. The topological polar surface area (TPSA) is 62.5 Å². The van der Waals surface area contributed by atoms with Gasteiger partial charge in [0.25, 0.3) is 0 Å². The number of urea groups is 1. The standard InChI is InChI=1S/C22H28N4O2/c1-15-19-13-16-6-7-17(20-24-23-14-28-20)12-18(16)22(15,2)8-11-26(19)21(27)25-9-4-3-5-10-25/h6-7,12,14-15,19H,3-5,8-11,13H2,1-2H3/t15-,19-,22-/m1/s1. The molecular formula is C22H28N4O2. The molecule has 6 nitrogen and oxygen atoms in total. The highest BCUT2D eigenvalue weighted by atomic mass is 16.4. The molecule has 0 radical (unpaired) electrons. The molecule has 0 unspecified atom stereocenters. The van der Waals surface area contributed by atoms with E-state index in [1.165, 1.54) is 23.9 Å². The van der Waals surface area contributed by atoms with Gasteiger partial charge in [-0.25, -0.2) is 4.79 Å². The fraction of sp³-hybridized carbons (Fsp3) is 0.591. The molecule has 2 aromatic rings. The van der Waals surface area contributed by atoms with Crippen LogP contribution in [-0.2, 0) is 11.8 Å². The van der Waals surface area contributed by atoms with Crippen LogP contribution in [0.1, 0.15) is 50.7 Å². The lowest BCUT2D eigenvalue weighted by molar-refractivity contribution is 0.0386. The summed E-state index contributed by atoms with van der Waals surface area (Å²) in [6, 6.07) is 7.02. The van der Waals surface area contributed by atoms with Gasteiger partial charge in [0.1, 0.15) is 0 Å². The van der Waals surface area contributed by atoms with Crippen LogP contribution in [0.4, 0.5) is 4.79 Å². The number of rotatable bonds is 1. The zero-order chi connectivity index (χ0) is 19.3.